The van der Waals surface area contributed by atoms with Crippen molar-refractivity contribution in [2.24, 2.45) is 33.8 Å². The lowest BCUT2D eigenvalue weighted by Crippen LogP contribution is -2.59. The lowest BCUT2D eigenvalue weighted by molar-refractivity contribution is -0.142. The first-order chi connectivity index (χ1) is 18.3. The predicted octanol–water partition coefficient (Wildman–Crippen LogP) is -1.93. The van der Waals surface area contributed by atoms with Crippen molar-refractivity contribution < 1.29 is 29.1 Å². The smallest absolute Gasteiger partial charge is 0.326 e. The molecule has 0 aliphatic heterocycles. The number of rotatable bonds is 17. The largest absolute Gasteiger partial charge is 0.480 e. The molecule has 0 aromatic heterocycles. The zero-order valence-electron chi connectivity index (χ0n) is 22.3. The molecular weight excluding hydrogens is 508 g/mol. The fourth-order valence-corrected chi connectivity index (χ4v) is 3.63. The molecule has 0 fully saturated rings. The Balaban J connectivity index is 3.07. The number of guanidine groups is 1. The van der Waals surface area contributed by atoms with Crippen molar-refractivity contribution in [2.45, 2.75) is 70.1 Å². The number of nitrogens with two attached hydrogens (primary N) is 4. The van der Waals surface area contributed by atoms with Gasteiger partial charge in [-0.15, -0.1) is 0 Å². The van der Waals surface area contributed by atoms with Crippen molar-refractivity contribution in [3.63, 3.8) is 0 Å². The minimum Gasteiger partial charge on any atom is -0.480 e. The van der Waals surface area contributed by atoms with E-state index < -0.39 is 60.2 Å². The lowest BCUT2D eigenvalue weighted by atomic mass is 9.96. The number of nitrogens with zero attached hydrogens (tertiary/aromatic N) is 1. The molecule has 1 aromatic carbocycles. The van der Waals surface area contributed by atoms with E-state index in [1.165, 1.54) is 0 Å². The van der Waals surface area contributed by atoms with Crippen molar-refractivity contribution in [1.29, 1.82) is 0 Å². The molecule has 0 aliphatic carbocycles. The number of amides is 4. The Morgan fingerprint density at radius 1 is 0.923 bits per heavy atom. The summed E-state index contributed by atoms with van der Waals surface area (Å²) in [6, 6.07) is 4.04. The average Bonchev–Trinajstić information content (AvgIpc) is 2.87. The number of carboxylic acid groups (broad SMARTS) is 1. The third-order valence-electron chi connectivity index (χ3n) is 6.03. The molecule has 0 bridgehead atoms. The Morgan fingerprint density at radius 2 is 1.54 bits per heavy atom. The lowest BCUT2D eigenvalue weighted by Gasteiger charge is -2.28. The molecular formula is C25H40N8O6. The highest BCUT2D eigenvalue weighted by Crippen LogP contribution is 2.11. The van der Waals surface area contributed by atoms with Gasteiger partial charge in [0.1, 0.15) is 18.1 Å². The molecule has 14 nitrogen and oxygen atoms in total. The number of aliphatic carboxylic acids is 1. The van der Waals surface area contributed by atoms with Crippen LogP contribution in [-0.2, 0) is 30.4 Å². The van der Waals surface area contributed by atoms with E-state index in [1.807, 2.05) is 6.92 Å². The number of carboxylic acids is 1. The van der Waals surface area contributed by atoms with Gasteiger partial charge in [-0.05, 0) is 24.3 Å². The number of aliphatic imine (C=N–C) groups is 1. The third-order valence-corrected chi connectivity index (χ3v) is 6.03. The van der Waals surface area contributed by atoms with Crippen LogP contribution in [0.15, 0.2) is 35.3 Å². The molecule has 5 atom stereocenters. The van der Waals surface area contributed by atoms with Crippen molar-refractivity contribution in [2.75, 3.05) is 6.54 Å². The molecule has 14 heteroatoms. The highest BCUT2D eigenvalue weighted by atomic mass is 16.4. The van der Waals surface area contributed by atoms with Crippen molar-refractivity contribution in [3.8, 4) is 0 Å². The van der Waals surface area contributed by atoms with Gasteiger partial charge in [0.25, 0.3) is 0 Å². The maximum absolute atomic E-state index is 13.3. The molecule has 5 unspecified atom stereocenters. The Hall–Kier alpha value is -4.20. The van der Waals surface area contributed by atoms with Crippen LogP contribution in [0.4, 0.5) is 0 Å². The molecule has 0 radical (unpaired) electrons. The number of hydrogen-bond donors (Lipinski definition) is 8. The fraction of sp³-hybridized carbons (Fsp3) is 0.520. The Labute approximate surface area is 227 Å². The van der Waals surface area contributed by atoms with Crippen LogP contribution in [0.1, 0.15) is 45.1 Å². The van der Waals surface area contributed by atoms with E-state index >= 15 is 0 Å². The van der Waals surface area contributed by atoms with Crippen LogP contribution in [0.3, 0.4) is 0 Å². The van der Waals surface area contributed by atoms with Gasteiger partial charge >= 0.3 is 5.97 Å². The van der Waals surface area contributed by atoms with E-state index in [9.17, 15) is 29.1 Å². The van der Waals surface area contributed by atoms with E-state index in [0.717, 1.165) is 0 Å². The first kappa shape index (κ1) is 32.8. The number of hydrogen-bond acceptors (Lipinski definition) is 7. The van der Waals surface area contributed by atoms with Gasteiger partial charge in [-0.2, -0.15) is 0 Å². The number of carbonyl (C=O) groups is 5. The molecule has 0 aliphatic rings. The van der Waals surface area contributed by atoms with Crippen LogP contribution >= 0.6 is 0 Å². The van der Waals surface area contributed by atoms with Gasteiger partial charge in [-0.1, -0.05) is 50.6 Å². The molecule has 1 rings (SSSR count). The molecule has 4 amide bonds. The zero-order chi connectivity index (χ0) is 29.5. The first-order valence-corrected chi connectivity index (χ1v) is 12.6. The summed E-state index contributed by atoms with van der Waals surface area (Å²) < 4.78 is 0. The topological polar surface area (TPSA) is 258 Å². The second-order valence-electron chi connectivity index (χ2n) is 9.25. The summed E-state index contributed by atoms with van der Waals surface area (Å²) in [5.41, 5.74) is 22.2. The van der Waals surface area contributed by atoms with Gasteiger partial charge in [0.15, 0.2) is 5.96 Å². The van der Waals surface area contributed by atoms with Crippen LogP contribution in [0.5, 0.6) is 0 Å². The second-order valence-corrected chi connectivity index (χ2v) is 9.25. The maximum atomic E-state index is 13.3. The van der Waals surface area contributed by atoms with E-state index in [1.54, 1.807) is 37.3 Å². The Kier molecular flexibility index (Phi) is 14.0. The standard InChI is InChI=1S/C25H40N8O6/c1-3-14(2)20(23(37)32-18(24(38)39)12-15-8-5-4-6-9-15)33-22(36)17(10-7-11-30-25(28)29)31-21(35)16(26)13-19(27)34/h4-6,8-9,14,16-18,20H,3,7,10-13,26H2,1-2H3,(H2,27,34)(H,31,35)(H,32,37)(H,33,36)(H,38,39)(H4,28,29,30). The summed E-state index contributed by atoms with van der Waals surface area (Å²) in [5.74, 6) is -4.70. The maximum Gasteiger partial charge on any atom is 0.326 e. The number of nitrogens with one attached hydrogen (secondary N) is 3. The summed E-state index contributed by atoms with van der Waals surface area (Å²) in [6.07, 6.45) is 0.478. The molecule has 0 saturated heterocycles. The van der Waals surface area contributed by atoms with E-state index in [0.29, 0.717) is 18.4 Å². The van der Waals surface area contributed by atoms with Crippen molar-refractivity contribution >= 4 is 35.6 Å². The Bertz CT molecular complexity index is 1020. The molecule has 0 saturated carbocycles. The predicted molar refractivity (Wildman–Crippen MR) is 145 cm³/mol. The Morgan fingerprint density at radius 3 is 2.08 bits per heavy atom. The molecule has 39 heavy (non-hydrogen) atoms. The minimum atomic E-state index is -1.28. The van der Waals surface area contributed by atoms with E-state index in [-0.39, 0.29) is 31.3 Å². The SMILES string of the molecule is CCC(C)C(NC(=O)C(CCCN=C(N)N)NC(=O)C(N)CC(N)=O)C(=O)NC(Cc1ccccc1)C(=O)O. The average molecular weight is 549 g/mol. The van der Waals surface area contributed by atoms with E-state index in [4.69, 9.17) is 22.9 Å². The minimum absolute atomic E-state index is 0.0459. The molecule has 0 heterocycles. The molecule has 0 spiro atoms. The first-order valence-electron chi connectivity index (χ1n) is 12.6. The van der Waals surface area contributed by atoms with Gasteiger partial charge in [0.2, 0.25) is 23.6 Å². The van der Waals surface area contributed by atoms with Crippen molar-refractivity contribution in [3.05, 3.63) is 35.9 Å². The normalized spacial score (nSPS) is 14.5. The molecule has 1 aromatic rings. The van der Waals surface area contributed by atoms with Gasteiger partial charge in [0, 0.05) is 13.0 Å². The summed E-state index contributed by atoms with van der Waals surface area (Å²) in [6.45, 7) is 3.71. The zero-order valence-corrected chi connectivity index (χ0v) is 22.3. The number of primary amides is 1. The molecule has 216 valence electrons. The van der Waals surface area contributed by atoms with Gasteiger partial charge in [0.05, 0.1) is 12.5 Å². The summed E-state index contributed by atoms with van der Waals surface area (Å²) in [5, 5.41) is 17.3. The van der Waals surface area contributed by atoms with Gasteiger partial charge < -0.3 is 44.0 Å². The highest BCUT2D eigenvalue weighted by molar-refractivity contribution is 5.95. The van der Waals surface area contributed by atoms with Crippen LogP contribution in [0, 0.1) is 5.92 Å². The summed E-state index contributed by atoms with van der Waals surface area (Å²) >= 11 is 0. The fourth-order valence-electron chi connectivity index (χ4n) is 3.63. The second kappa shape index (κ2) is 16.6. The summed E-state index contributed by atoms with van der Waals surface area (Å²) in [7, 11) is 0. The monoisotopic (exact) mass is 548 g/mol. The van der Waals surface area contributed by atoms with E-state index in [2.05, 4.69) is 20.9 Å². The van der Waals surface area contributed by atoms with Crippen molar-refractivity contribution in [1.82, 2.24) is 16.0 Å². The third kappa shape index (κ3) is 12.3. The van der Waals surface area contributed by atoms with Gasteiger partial charge in [-0.25, -0.2) is 4.79 Å². The van der Waals surface area contributed by atoms with Crippen LogP contribution in [0.2, 0.25) is 0 Å². The number of benzene rings is 1. The van der Waals surface area contributed by atoms with Crippen LogP contribution in [-0.4, -0.2) is 71.4 Å². The quantitative estimate of drug-likeness (QED) is 0.0611. The van der Waals surface area contributed by atoms with Crippen LogP contribution < -0.4 is 38.9 Å². The summed E-state index contributed by atoms with van der Waals surface area (Å²) in [4.78, 5) is 65.8. The number of carbonyl (C=O) groups excluding carboxylic acids is 4. The highest BCUT2D eigenvalue weighted by Gasteiger charge is 2.32. The van der Waals surface area contributed by atoms with Gasteiger partial charge in [-0.3, -0.25) is 24.2 Å². The molecule has 12 N–H and O–H groups in total. The van der Waals surface area contributed by atoms with Crippen LogP contribution in [0.25, 0.3) is 0 Å².